The van der Waals surface area contributed by atoms with E-state index in [-0.39, 0.29) is 17.2 Å². The number of nitrogens with one attached hydrogen (secondary N) is 2. The molecule has 152 valence electrons. The predicted octanol–water partition coefficient (Wildman–Crippen LogP) is 2.73. The van der Waals surface area contributed by atoms with Gasteiger partial charge in [0.25, 0.3) is 0 Å². The largest absolute Gasteiger partial charge is 0.468 e. The highest BCUT2D eigenvalue weighted by Gasteiger charge is 2.32. The molecular weight excluding hydrogens is 404 g/mol. The number of carbonyl (C=O) groups excluding carboxylic acids is 2. The third kappa shape index (κ3) is 5.84. The zero-order valence-electron chi connectivity index (χ0n) is 15.6. The van der Waals surface area contributed by atoms with Crippen LogP contribution in [-0.4, -0.2) is 33.3 Å². The quantitative estimate of drug-likeness (QED) is 0.631. The molecule has 0 aliphatic carbocycles. The SMILES string of the molecule is CC(C)CCNC(=O)C(=O)NC[C@@H](c1ccco1)S(=O)(=O)c1ccc(Cl)cc1. The Kier molecular flexibility index (Phi) is 7.65. The number of amides is 2. The number of halogens is 1. The average Bonchev–Trinajstić information content (AvgIpc) is 3.15. The Balaban J connectivity index is 2.11. The molecule has 1 aromatic carbocycles. The van der Waals surface area contributed by atoms with Crippen LogP contribution < -0.4 is 10.6 Å². The molecule has 0 bridgehead atoms. The van der Waals surface area contributed by atoms with Gasteiger partial charge in [0.15, 0.2) is 9.84 Å². The first-order valence-electron chi connectivity index (χ1n) is 8.80. The molecule has 28 heavy (non-hydrogen) atoms. The molecule has 0 aliphatic heterocycles. The molecule has 7 nitrogen and oxygen atoms in total. The van der Waals surface area contributed by atoms with Gasteiger partial charge in [-0.2, -0.15) is 0 Å². The summed E-state index contributed by atoms with van der Waals surface area (Å²) in [5.74, 6) is -1.15. The number of hydrogen-bond acceptors (Lipinski definition) is 5. The summed E-state index contributed by atoms with van der Waals surface area (Å²) in [4.78, 5) is 23.9. The van der Waals surface area contributed by atoms with Crippen LogP contribution >= 0.6 is 11.6 Å². The minimum absolute atomic E-state index is 0.0360. The second kappa shape index (κ2) is 9.75. The normalized spacial score (nSPS) is 12.6. The minimum atomic E-state index is -3.89. The van der Waals surface area contributed by atoms with E-state index in [0.29, 0.717) is 17.5 Å². The van der Waals surface area contributed by atoms with Crippen molar-refractivity contribution in [3.8, 4) is 0 Å². The lowest BCUT2D eigenvalue weighted by molar-refractivity contribution is -0.139. The van der Waals surface area contributed by atoms with Crippen molar-refractivity contribution in [3.05, 3.63) is 53.4 Å². The molecule has 2 N–H and O–H groups in total. The molecule has 0 unspecified atom stereocenters. The van der Waals surface area contributed by atoms with E-state index in [0.717, 1.165) is 6.42 Å². The van der Waals surface area contributed by atoms with E-state index in [2.05, 4.69) is 10.6 Å². The summed E-state index contributed by atoms with van der Waals surface area (Å²) in [6.45, 7) is 4.06. The molecule has 9 heteroatoms. The second-order valence-electron chi connectivity index (χ2n) is 6.65. The van der Waals surface area contributed by atoms with Crippen molar-refractivity contribution >= 4 is 33.3 Å². The fourth-order valence-electron chi connectivity index (χ4n) is 2.45. The summed E-state index contributed by atoms with van der Waals surface area (Å²) in [7, 11) is -3.89. The summed E-state index contributed by atoms with van der Waals surface area (Å²) in [5.41, 5.74) is 0. The Bertz CT molecular complexity index is 893. The molecule has 0 spiro atoms. The lowest BCUT2D eigenvalue weighted by Gasteiger charge is -2.16. The first kappa shape index (κ1) is 22.0. The van der Waals surface area contributed by atoms with Gasteiger partial charge in [-0.05, 0) is 48.7 Å². The van der Waals surface area contributed by atoms with Crippen LogP contribution in [-0.2, 0) is 19.4 Å². The van der Waals surface area contributed by atoms with Crippen molar-refractivity contribution in [2.45, 2.75) is 30.4 Å². The van der Waals surface area contributed by atoms with Gasteiger partial charge in [0.05, 0.1) is 11.2 Å². The summed E-state index contributed by atoms with van der Waals surface area (Å²) in [5, 5.41) is 4.11. The van der Waals surface area contributed by atoms with E-state index >= 15 is 0 Å². The van der Waals surface area contributed by atoms with E-state index in [9.17, 15) is 18.0 Å². The molecule has 2 aromatic rings. The molecule has 1 atom stereocenters. The van der Waals surface area contributed by atoms with Gasteiger partial charge in [-0.1, -0.05) is 25.4 Å². The van der Waals surface area contributed by atoms with E-state index in [1.807, 2.05) is 13.8 Å². The van der Waals surface area contributed by atoms with Gasteiger partial charge in [0.1, 0.15) is 11.0 Å². The second-order valence-corrected chi connectivity index (χ2v) is 9.22. The van der Waals surface area contributed by atoms with Gasteiger partial charge in [-0.15, -0.1) is 0 Å². The number of benzene rings is 1. The van der Waals surface area contributed by atoms with Crippen molar-refractivity contribution in [2.75, 3.05) is 13.1 Å². The predicted molar refractivity (Wildman–Crippen MR) is 106 cm³/mol. The monoisotopic (exact) mass is 426 g/mol. The fraction of sp³-hybridized carbons (Fsp3) is 0.368. The third-order valence-corrected chi connectivity index (χ3v) is 6.37. The highest BCUT2D eigenvalue weighted by Crippen LogP contribution is 2.29. The lowest BCUT2D eigenvalue weighted by Crippen LogP contribution is -2.42. The number of hydrogen-bond donors (Lipinski definition) is 2. The van der Waals surface area contributed by atoms with Crippen LogP contribution in [0.15, 0.2) is 52.0 Å². The van der Waals surface area contributed by atoms with Crippen LogP contribution in [0.1, 0.15) is 31.3 Å². The molecule has 0 fully saturated rings. The van der Waals surface area contributed by atoms with Crippen LogP contribution in [0.4, 0.5) is 0 Å². The van der Waals surface area contributed by atoms with E-state index in [1.165, 1.54) is 36.6 Å². The lowest BCUT2D eigenvalue weighted by atomic mass is 10.1. The Morgan fingerprint density at radius 3 is 2.29 bits per heavy atom. The smallest absolute Gasteiger partial charge is 0.309 e. The van der Waals surface area contributed by atoms with Gasteiger partial charge < -0.3 is 15.1 Å². The van der Waals surface area contributed by atoms with E-state index in [4.69, 9.17) is 16.0 Å². The Labute approximate surface area is 169 Å². The summed E-state index contributed by atoms with van der Waals surface area (Å²) >= 11 is 5.82. The summed E-state index contributed by atoms with van der Waals surface area (Å²) < 4.78 is 31.3. The van der Waals surface area contributed by atoms with Crippen LogP contribution in [0.25, 0.3) is 0 Å². The molecule has 0 saturated carbocycles. The van der Waals surface area contributed by atoms with Gasteiger partial charge >= 0.3 is 11.8 Å². The Morgan fingerprint density at radius 2 is 1.71 bits per heavy atom. The topological polar surface area (TPSA) is 105 Å². The van der Waals surface area contributed by atoms with Crippen molar-refractivity contribution < 1.29 is 22.4 Å². The molecule has 0 saturated heterocycles. The summed E-state index contributed by atoms with van der Waals surface area (Å²) in [6.07, 6.45) is 2.08. The van der Waals surface area contributed by atoms with Gasteiger partial charge in [0.2, 0.25) is 0 Å². The molecule has 0 aliphatic rings. The van der Waals surface area contributed by atoms with Crippen LogP contribution in [0.3, 0.4) is 0 Å². The van der Waals surface area contributed by atoms with Crippen molar-refractivity contribution in [1.82, 2.24) is 10.6 Å². The standard InChI is InChI=1S/C19H23ClN2O5S/c1-13(2)9-10-21-18(23)19(24)22-12-17(16-4-3-11-27-16)28(25,26)15-7-5-14(20)6-8-15/h3-8,11,13,17H,9-10,12H2,1-2H3,(H,21,23)(H,22,24)/t17-/m0/s1. The molecule has 2 amide bonds. The van der Waals surface area contributed by atoms with E-state index in [1.54, 1.807) is 6.07 Å². The number of rotatable bonds is 8. The van der Waals surface area contributed by atoms with Crippen LogP contribution in [0.5, 0.6) is 0 Å². The molecule has 1 aromatic heterocycles. The Morgan fingerprint density at radius 1 is 1.07 bits per heavy atom. The van der Waals surface area contributed by atoms with E-state index < -0.39 is 26.9 Å². The average molecular weight is 427 g/mol. The van der Waals surface area contributed by atoms with Crippen molar-refractivity contribution in [2.24, 2.45) is 5.92 Å². The maximum absolute atomic E-state index is 13.0. The molecule has 0 radical (unpaired) electrons. The third-order valence-electron chi connectivity index (χ3n) is 4.04. The first-order chi connectivity index (χ1) is 13.2. The van der Waals surface area contributed by atoms with Gasteiger partial charge in [-0.3, -0.25) is 9.59 Å². The number of sulfone groups is 1. The van der Waals surface area contributed by atoms with Gasteiger partial charge in [-0.25, -0.2) is 8.42 Å². The summed E-state index contributed by atoms with van der Waals surface area (Å²) in [6, 6.07) is 8.76. The minimum Gasteiger partial charge on any atom is -0.468 e. The zero-order valence-corrected chi connectivity index (χ0v) is 17.2. The zero-order chi connectivity index (χ0) is 20.7. The maximum Gasteiger partial charge on any atom is 0.309 e. The molecule has 1 heterocycles. The first-order valence-corrected chi connectivity index (χ1v) is 10.7. The highest BCUT2D eigenvalue weighted by atomic mass is 35.5. The van der Waals surface area contributed by atoms with Crippen molar-refractivity contribution in [1.29, 1.82) is 0 Å². The van der Waals surface area contributed by atoms with Crippen LogP contribution in [0.2, 0.25) is 5.02 Å². The van der Waals surface area contributed by atoms with Crippen LogP contribution in [0, 0.1) is 5.92 Å². The fourth-order valence-corrected chi connectivity index (χ4v) is 4.16. The number of carbonyl (C=O) groups is 2. The Hall–Kier alpha value is -2.32. The highest BCUT2D eigenvalue weighted by molar-refractivity contribution is 7.91. The molecule has 2 rings (SSSR count). The van der Waals surface area contributed by atoms with Gasteiger partial charge in [0, 0.05) is 18.1 Å². The maximum atomic E-state index is 13.0. The number of furan rings is 1. The molecular formula is C19H23ClN2O5S. The van der Waals surface area contributed by atoms with Crippen molar-refractivity contribution in [3.63, 3.8) is 0 Å².